The van der Waals surface area contributed by atoms with Crippen molar-refractivity contribution < 1.29 is 9.53 Å². The molecule has 3 aliphatic rings. The van der Waals surface area contributed by atoms with Crippen molar-refractivity contribution in [2.75, 3.05) is 20.1 Å². The van der Waals surface area contributed by atoms with Crippen LogP contribution in [0.15, 0.2) is 4.99 Å². The molecule has 1 aliphatic carbocycles. The van der Waals surface area contributed by atoms with Crippen molar-refractivity contribution >= 4 is 35.8 Å². The number of hydrogen-bond donors (Lipinski definition) is 3. The number of fused-ring (bicyclic) bond motifs is 2. The predicted octanol–water partition coefficient (Wildman–Crippen LogP) is 1.79. The van der Waals surface area contributed by atoms with E-state index in [0.29, 0.717) is 43.7 Å². The van der Waals surface area contributed by atoms with Gasteiger partial charge in [-0.3, -0.25) is 9.79 Å². The maximum Gasteiger partial charge on any atom is 0.220 e. The topological polar surface area (TPSA) is 74.8 Å². The molecule has 3 N–H and O–H groups in total. The average molecular weight is 450 g/mol. The Kier molecular flexibility index (Phi) is 8.06. The fourth-order valence-electron chi connectivity index (χ4n) is 4.09. The molecule has 7 heteroatoms. The Balaban J connectivity index is 0.00000208. The van der Waals surface area contributed by atoms with E-state index in [1.54, 1.807) is 7.05 Å². The minimum Gasteiger partial charge on any atom is -0.373 e. The van der Waals surface area contributed by atoms with Crippen molar-refractivity contribution in [2.24, 2.45) is 10.9 Å². The van der Waals surface area contributed by atoms with Crippen molar-refractivity contribution in [3.63, 3.8) is 0 Å². The quantitative estimate of drug-likeness (QED) is 0.250. The van der Waals surface area contributed by atoms with Crippen LogP contribution in [0.2, 0.25) is 0 Å². The van der Waals surface area contributed by atoms with Crippen molar-refractivity contribution in [3.05, 3.63) is 0 Å². The zero-order chi connectivity index (χ0) is 16.1. The van der Waals surface area contributed by atoms with Crippen molar-refractivity contribution in [2.45, 2.75) is 69.6 Å². The molecular weight excluding hydrogens is 419 g/mol. The summed E-state index contributed by atoms with van der Waals surface area (Å²) in [6.07, 6.45) is 9.89. The smallest absolute Gasteiger partial charge is 0.220 e. The van der Waals surface area contributed by atoms with Crippen molar-refractivity contribution in [1.82, 2.24) is 16.0 Å². The number of aliphatic imine (C=N–C) groups is 1. The van der Waals surface area contributed by atoms with Crippen LogP contribution in [0.25, 0.3) is 0 Å². The summed E-state index contributed by atoms with van der Waals surface area (Å²) >= 11 is 0. The summed E-state index contributed by atoms with van der Waals surface area (Å²) in [5.74, 6) is 1.59. The minimum absolute atomic E-state index is 0. The SMILES string of the molecule is CN=C(NCCNC(=O)CC1CCCC1)NC1CC2CCC1O2.I. The van der Waals surface area contributed by atoms with Gasteiger partial charge in [0.2, 0.25) is 5.91 Å². The Hall–Kier alpha value is -0.570. The van der Waals surface area contributed by atoms with Gasteiger partial charge in [-0.2, -0.15) is 0 Å². The molecule has 0 radical (unpaired) electrons. The van der Waals surface area contributed by atoms with Gasteiger partial charge in [-0.05, 0) is 38.0 Å². The van der Waals surface area contributed by atoms with Crippen molar-refractivity contribution in [3.8, 4) is 0 Å². The number of amides is 1. The summed E-state index contributed by atoms with van der Waals surface area (Å²) in [4.78, 5) is 16.1. The van der Waals surface area contributed by atoms with Crippen LogP contribution in [0.5, 0.6) is 0 Å². The van der Waals surface area contributed by atoms with Gasteiger partial charge in [0.05, 0.1) is 18.2 Å². The van der Waals surface area contributed by atoms with E-state index in [-0.39, 0.29) is 29.9 Å². The molecule has 2 heterocycles. The third-order valence-electron chi connectivity index (χ3n) is 5.34. The zero-order valence-electron chi connectivity index (χ0n) is 14.6. The van der Waals surface area contributed by atoms with E-state index >= 15 is 0 Å². The van der Waals surface area contributed by atoms with Crippen molar-refractivity contribution in [1.29, 1.82) is 0 Å². The summed E-state index contributed by atoms with van der Waals surface area (Å²) in [5, 5.41) is 9.72. The van der Waals surface area contributed by atoms with E-state index < -0.39 is 0 Å². The number of guanidine groups is 1. The standard InChI is InChI=1S/C17H30N4O2.HI/c1-18-17(21-14-11-13-6-7-15(14)23-13)20-9-8-19-16(22)10-12-4-2-3-5-12;/h12-15H,2-11H2,1H3,(H,19,22)(H2,18,20,21);1H. The van der Waals surface area contributed by atoms with E-state index in [1.807, 2.05) is 0 Å². The molecular formula is C17H31IN4O2. The molecule has 0 aromatic rings. The maximum atomic E-state index is 11.9. The van der Waals surface area contributed by atoms with Gasteiger partial charge in [-0.1, -0.05) is 12.8 Å². The summed E-state index contributed by atoms with van der Waals surface area (Å²) in [7, 11) is 1.78. The van der Waals surface area contributed by atoms with Crippen LogP contribution in [-0.4, -0.2) is 50.3 Å². The second-order valence-electron chi connectivity index (χ2n) is 7.06. The molecule has 2 aliphatic heterocycles. The number of nitrogens with one attached hydrogen (secondary N) is 3. The normalized spacial score (nSPS) is 29.4. The Morgan fingerprint density at radius 2 is 1.88 bits per heavy atom. The first-order chi connectivity index (χ1) is 11.2. The molecule has 6 nitrogen and oxygen atoms in total. The monoisotopic (exact) mass is 450 g/mol. The summed E-state index contributed by atoms with van der Waals surface area (Å²) < 4.78 is 5.85. The van der Waals surface area contributed by atoms with Gasteiger partial charge in [-0.15, -0.1) is 24.0 Å². The van der Waals surface area contributed by atoms with Crippen LogP contribution in [0.4, 0.5) is 0 Å². The maximum absolute atomic E-state index is 11.9. The Labute approximate surface area is 162 Å². The van der Waals surface area contributed by atoms with E-state index in [4.69, 9.17) is 4.74 Å². The van der Waals surface area contributed by atoms with Gasteiger partial charge in [0.25, 0.3) is 0 Å². The largest absolute Gasteiger partial charge is 0.373 e. The van der Waals surface area contributed by atoms with E-state index in [1.165, 1.54) is 32.1 Å². The molecule has 0 aromatic carbocycles. The van der Waals surface area contributed by atoms with Gasteiger partial charge in [0.1, 0.15) is 0 Å². The molecule has 3 fully saturated rings. The van der Waals surface area contributed by atoms with Crippen LogP contribution in [0, 0.1) is 5.92 Å². The minimum atomic E-state index is 0. The molecule has 0 spiro atoms. The molecule has 0 aromatic heterocycles. The van der Waals surface area contributed by atoms with Gasteiger partial charge in [0.15, 0.2) is 5.96 Å². The molecule has 138 valence electrons. The fourth-order valence-corrected chi connectivity index (χ4v) is 4.09. The Morgan fingerprint density at radius 1 is 1.12 bits per heavy atom. The summed E-state index contributed by atoms with van der Waals surface area (Å²) in [6, 6.07) is 0.372. The number of ether oxygens (including phenoxy) is 1. The molecule has 3 rings (SSSR count). The van der Waals surface area contributed by atoms with Crippen LogP contribution in [0.1, 0.15) is 51.4 Å². The lowest BCUT2D eigenvalue weighted by Gasteiger charge is -2.22. The number of carbonyl (C=O) groups excluding carboxylic acids is 1. The molecule has 1 amide bonds. The number of halogens is 1. The predicted molar refractivity (Wildman–Crippen MR) is 106 cm³/mol. The lowest BCUT2D eigenvalue weighted by Crippen LogP contribution is -2.48. The lowest BCUT2D eigenvalue weighted by molar-refractivity contribution is -0.121. The summed E-state index contributed by atoms with van der Waals surface area (Å²) in [5.41, 5.74) is 0. The van der Waals surface area contributed by atoms with Crippen LogP contribution < -0.4 is 16.0 Å². The fraction of sp³-hybridized carbons (Fsp3) is 0.882. The Morgan fingerprint density at radius 3 is 2.50 bits per heavy atom. The highest BCUT2D eigenvalue weighted by Gasteiger charge is 2.41. The first kappa shape index (κ1) is 19.8. The highest BCUT2D eigenvalue weighted by atomic mass is 127. The van der Waals surface area contributed by atoms with E-state index in [2.05, 4.69) is 20.9 Å². The van der Waals surface area contributed by atoms with Gasteiger partial charge >= 0.3 is 0 Å². The lowest BCUT2D eigenvalue weighted by atomic mass is 9.96. The van der Waals surface area contributed by atoms with E-state index in [0.717, 1.165) is 18.8 Å². The molecule has 2 saturated heterocycles. The van der Waals surface area contributed by atoms with Gasteiger partial charge in [-0.25, -0.2) is 0 Å². The number of rotatable bonds is 6. The molecule has 1 saturated carbocycles. The molecule has 3 atom stereocenters. The Bertz CT molecular complexity index is 440. The average Bonchev–Trinajstić information content (AvgIpc) is 3.28. The molecule has 2 bridgehead atoms. The number of carbonyl (C=O) groups is 1. The van der Waals surface area contributed by atoms with Crippen LogP contribution in [-0.2, 0) is 9.53 Å². The first-order valence-corrected chi connectivity index (χ1v) is 9.14. The van der Waals surface area contributed by atoms with Crippen LogP contribution in [0.3, 0.4) is 0 Å². The van der Waals surface area contributed by atoms with Crippen LogP contribution >= 0.6 is 24.0 Å². The second-order valence-corrected chi connectivity index (χ2v) is 7.06. The number of hydrogen-bond acceptors (Lipinski definition) is 3. The van der Waals surface area contributed by atoms with E-state index in [9.17, 15) is 4.79 Å². The van der Waals surface area contributed by atoms with Gasteiger partial charge in [0, 0.05) is 26.6 Å². The highest BCUT2D eigenvalue weighted by molar-refractivity contribution is 14.0. The third-order valence-corrected chi connectivity index (χ3v) is 5.34. The number of nitrogens with zero attached hydrogens (tertiary/aromatic N) is 1. The third kappa shape index (κ3) is 5.47. The zero-order valence-corrected chi connectivity index (χ0v) is 16.9. The second kappa shape index (κ2) is 9.79. The highest BCUT2D eigenvalue weighted by Crippen LogP contribution is 2.34. The first-order valence-electron chi connectivity index (χ1n) is 9.14. The summed E-state index contributed by atoms with van der Waals surface area (Å²) in [6.45, 7) is 1.33. The van der Waals surface area contributed by atoms with Gasteiger partial charge < -0.3 is 20.7 Å². The molecule has 3 unspecified atom stereocenters. The molecule has 24 heavy (non-hydrogen) atoms.